The molecular weight excluding hydrogens is 594 g/mol. The van der Waals surface area contributed by atoms with Crippen LogP contribution in [0, 0.1) is 5.92 Å². The number of aliphatic hydroxyl groups excluding tert-OH is 1. The van der Waals surface area contributed by atoms with Crippen molar-refractivity contribution in [2.45, 2.75) is 63.8 Å². The maximum atomic E-state index is 13.8. The third kappa shape index (κ3) is 9.94. The van der Waals surface area contributed by atoms with Crippen LogP contribution >= 0.6 is 23.8 Å². The molecule has 10 heteroatoms. The monoisotopic (exact) mass is 635 g/mol. The zero-order chi connectivity index (χ0) is 31.5. The highest BCUT2D eigenvalue weighted by atomic mass is 35.5. The van der Waals surface area contributed by atoms with E-state index in [4.69, 9.17) is 23.8 Å². The van der Waals surface area contributed by atoms with E-state index < -0.39 is 24.2 Å². The topological polar surface area (TPSA) is 106 Å². The second-order valence-corrected chi connectivity index (χ2v) is 12.4. The molecule has 5 N–H and O–H groups in total. The number of thiocarbonyl (C=S) groups is 1. The fourth-order valence-electron chi connectivity index (χ4n) is 5.57. The van der Waals surface area contributed by atoms with Gasteiger partial charge < -0.3 is 31.3 Å². The van der Waals surface area contributed by atoms with Crippen molar-refractivity contribution in [3.63, 3.8) is 0 Å². The summed E-state index contributed by atoms with van der Waals surface area (Å²) in [6.45, 7) is 5.02. The molecule has 3 aromatic carbocycles. The number of carbonyl (C=O) groups excluding carboxylic acids is 2. The largest absolute Gasteiger partial charge is 0.391 e. The van der Waals surface area contributed by atoms with Crippen molar-refractivity contribution in [1.82, 2.24) is 20.9 Å². The molecule has 0 aromatic heterocycles. The maximum absolute atomic E-state index is 13.8. The minimum Gasteiger partial charge on any atom is -0.391 e. The van der Waals surface area contributed by atoms with Gasteiger partial charge in [0.2, 0.25) is 5.91 Å². The Bertz CT molecular complexity index is 1360. The van der Waals surface area contributed by atoms with Gasteiger partial charge in [0, 0.05) is 29.8 Å². The third-order valence-electron chi connectivity index (χ3n) is 7.73. The predicted octanol–water partition coefficient (Wildman–Crippen LogP) is 5.16. The van der Waals surface area contributed by atoms with Crippen molar-refractivity contribution in [2.75, 3.05) is 18.4 Å². The van der Waals surface area contributed by atoms with Crippen LogP contribution in [0.4, 0.5) is 10.5 Å². The zero-order valence-corrected chi connectivity index (χ0v) is 26.8. The van der Waals surface area contributed by atoms with Crippen molar-refractivity contribution < 1.29 is 14.7 Å². The fraction of sp³-hybridized carbons (Fsp3) is 0.382. The van der Waals surface area contributed by atoms with Gasteiger partial charge in [-0.3, -0.25) is 4.79 Å². The van der Waals surface area contributed by atoms with E-state index in [1.807, 2.05) is 86.6 Å². The van der Waals surface area contributed by atoms with E-state index in [-0.39, 0.29) is 24.3 Å². The van der Waals surface area contributed by atoms with Crippen LogP contribution in [-0.4, -0.2) is 64.4 Å². The third-order valence-corrected chi connectivity index (χ3v) is 8.20. The van der Waals surface area contributed by atoms with Crippen molar-refractivity contribution in [3.05, 3.63) is 101 Å². The molecule has 1 aliphatic rings. The molecule has 1 aliphatic heterocycles. The fourth-order valence-corrected chi connectivity index (χ4v) is 5.97. The predicted molar refractivity (Wildman–Crippen MR) is 181 cm³/mol. The summed E-state index contributed by atoms with van der Waals surface area (Å²) in [6, 6.07) is 25.3. The summed E-state index contributed by atoms with van der Waals surface area (Å²) >= 11 is 11.7. The molecule has 4 rings (SSSR count). The van der Waals surface area contributed by atoms with E-state index in [9.17, 15) is 14.7 Å². The number of urea groups is 1. The Balaban J connectivity index is 1.53. The Labute approximate surface area is 270 Å². The smallest absolute Gasteiger partial charge is 0.318 e. The number of nitrogens with one attached hydrogen (secondary N) is 4. The summed E-state index contributed by atoms with van der Waals surface area (Å²) < 4.78 is 0. The molecule has 3 amide bonds. The molecule has 0 spiro atoms. The van der Waals surface area contributed by atoms with Crippen LogP contribution < -0.4 is 21.3 Å². The highest BCUT2D eigenvalue weighted by Crippen LogP contribution is 2.19. The van der Waals surface area contributed by atoms with Crippen LogP contribution in [0.2, 0.25) is 5.02 Å². The number of rotatable bonds is 13. The van der Waals surface area contributed by atoms with E-state index >= 15 is 0 Å². The number of hydrogen-bond acceptors (Lipinski definition) is 4. The van der Waals surface area contributed by atoms with Crippen molar-refractivity contribution >= 4 is 46.6 Å². The Kier molecular flexibility index (Phi) is 12.4. The maximum Gasteiger partial charge on any atom is 0.318 e. The number of amides is 3. The Morgan fingerprint density at radius 2 is 1.57 bits per heavy atom. The number of carbonyl (C=O) groups is 2. The SMILES string of the molecule is CC(C)[C@@H](C(=O)N[C@@H](Cc1ccccc1)C[C@H](O)C(Cc1ccccc1)NC(=S)Nc1ccc(Cl)cc1)N1CCCNC1=O. The molecule has 0 saturated carbocycles. The standard InChI is InChI=1S/C34H42ClN5O3S/c1-23(2)31(40-19-9-18-36-34(40)43)32(42)37-28(20-24-10-5-3-6-11-24)22-30(41)29(21-25-12-7-4-8-13-25)39-33(44)38-27-16-14-26(35)15-17-27/h3-8,10-17,23,28-31,41H,9,18-22H2,1-2H3,(H,36,43)(H,37,42)(H2,38,39,44)/t28-,29?,30-,31-/m0/s1. The molecule has 0 aliphatic carbocycles. The molecule has 0 radical (unpaired) electrons. The van der Waals surface area contributed by atoms with Gasteiger partial charge in [-0.2, -0.15) is 0 Å². The van der Waals surface area contributed by atoms with Crippen molar-refractivity contribution in [2.24, 2.45) is 5.92 Å². The Hall–Kier alpha value is -3.66. The van der Waals surface area contributed by atoms with Crippen LogP contribution in [-0.2, 0) is 17.6 Å². The molecule has 8 nitrogen and oxygen atoms in total. The average Bonchev–Trinajstić information content (AvgIpc) is 3.00. The minimum absolute atomic E-state index is 0.0926. The number of halogens is 1. The molecular formula is C34H42ClN5O3S. The lowest BCUT2D eigenvalue weighted by Crippen LogP contribution is -2.59. The van der Waals surface area contributed by atoms with Gasteiger partial charge in [0.1, 0.15) is 6.04 Å². The van der Waals surface area contributed by atoms with Gasteiger partial charge in [0.15, 0.2) is 5.11 Å². The molecule has 234 valence electrons. The quantitative estimate of drug-likeness (QED) is 0.166. The lowest BCUT2D eigenvalue weighted by Gasteiger charge is -2.37. The molecule has 1 unspecified atom stereocenters. The molecule has 1 saturated heterocycles. The first-order chi connectivity index (χ1) is 21.2. The van der Waals surface area contributed by atoms with Crippen LogP contribution in [0.25, 0.3) is 0 Å². The highest BCUT2D eigenvalue weighted by molar-refractivity contribution is 7.80. The number of nitrogens with zero attached hydrogens (tertiary/aromatic N) is 1. The van der Waals surface area contributed by atoms with E-state index in [0.29, 0.717) is 36.1 Å². The van der Waals surface area contributed by atoms with Crippen LogP contribution in [0.5, 0.6) is 0 Å². The molecule has 44 heavy (non-hydrogen) atoms. The van der Waals surface area contributed by atoms with Crippen molar-refractivity contribution in [3.8, 4) is 0 Å². The minimum atomic E-state index is -0.870. The average molecular weight is 636 g/mol. The highest BCUT2D eigenvalue weighted by Gasteiger charge is 2.35. The molecule has 1 heterocycles. The lowest BCUT2D eigenvalue weighted by molar-refractivity contribution is -0.128. The zero-order valence-electron chi connectivity index (χ0n) is 25.2. The van der Waals surface area contributed by atoms with Crippen LogP contribution in [0.15, 0.2) is 84.9 Å². The van der Waals surface area contributed by atoms with Gasteiger partial charge in [-0.05, 0) is 79.2 Å². The van der Waals surface area contributed by atoms with Gasteiger partial charge >= 0.3 is 6.03 Å². The van der Waals surface area contributed by atoms with E-state index in [1.165, 1.54) is 0 Å². The first kappa shape index (κ1) is 33.2. The normalized spacial score (nSPS) is 15.9. The number of aliphatic hydroxyl groups is 1. The molecule has 4 atom stereocenters. The first-order valence-corrected chi connectivity index (χ1v) is 15.9. The summed E-state index contributed by atoms with van der Waals surface area (Å²) in [5.41, 5.74) is 2.85. The van der Waals surface area contributed by atoms with Crippen molar-refractivity contribution in [1.29, 1.82) is 0 Å². The Morgan fingerprint density at radius 1 is 0.955 bits per heavy atom. The number of anilines is 1. The summed E-state index contributed by atoms with van der Waals surface area (Å²) in [5.74, 6) is -0.317. The summed E-state index contributed by atoms with van der Waals surface area (Å²) in [7, 11) is 0. The second kappa shape index (κ2) is 16.4. The van der Waals surface area contributed by atoms with Gasteiger partial charge in [-0.25, -0.2) is 4.79 Å². The summed E-state index contributed by atoms with van der Waals surface area (Å²) in [4.78, 5) is 28.1. The van der Waals surface area contributed by atoms with Gasteiger partial charge in [0.05, 0.1) is 12.1 Å². The van der Waals surface area contributed by atoms with Crippen LogP contribution in [0.3, 0.4) is 0 Å². The Morgan fingerprint density at radius 3 is 2.16 bits per heavy atom. The molecule has 1 fully saturated rings. The van der Waals surface area contributed by atoms with Gasteiger partial charge in [-0.1, -0.05) is 86.1 Å². The van der Waals surface area contributed by atoms with E-state index in [2.05, 4.69) is 21.3 Å². The lowest BCUT2D eigenvalue weighted by atomic mass is 9.93. The van der Waals surface area contributed by atoms with Gasteiger partial charge in [0.25, 0.3) is 0 Å². The van der Waals surface area contributed by atoms with Gasteiger partial charge in [-0.15, -0.1) is 0 Å². The summed E-state index contributed by atoms with van der Waals surface area (Å²) in [6.07, 6.45) is 1.22. The summed E-state index contributed by atoms with van der Waals surface area (Å²) in [5, 5.41) is 25.3. The van der Waals surface area contributed by atoms with E-state index in [1.54, 1.807) is 17.0 Å². The van der Waals surface area contributed by atoms with Crippen LogP contribution in [0.1, 0.15) is 37.8 Å². The number of benzene rings is 3. The molecule has 0 bridgehead atoms. The van der Waals surface area contributed by atoms with E-state index in [0.717, 1.165) is 23.2 Å². The second-order valence-electron chi connectivity index (χ2n) is 11.6. The first-order valence-electron chi connectivity index (χ1n) is 15.1. The molecule has 3 aromatic rings. The number of hydrogen-bond donors (Lipinski definition) is 5.